The average Bonchev–Trinajstić information content (AvgIpc) is 3.99. The highest BCUT2D eigenvalue weighted by Gasteiger charge is 2.36. The molecule has 0 atom stereocenters. The average molecular weight is 845 g/mol. The van der Waals surface area contributed by atoms with Crippen LogP contribution < -0.4 is 4.90 Å². The first kappa shape index (κ1) is 38.1. The van der Waals surface area contributed by atoms with Gasteiger partial charge in [0.05, 0.1) is 11.0 Å². The fraction of sp³-hybridized carbons (Fsp3) is 0.0476. The summed E-state index contributed by atoms with van der Waals surface area (Å²) in [7, 11) is 0. The maximum Gasteiger partial charge on any atom is 0.136 e. The van der Waals surface area contributed by atoms with E-state index >= 15 is 0 Å². The number of aromatic nitrogens is 1. The van der Waals surface area contributed by atoms with Gasteiger partial charge in [0, 0.05) is 49.7 Å². The number of rotatable bonds is 7. The van der Waals surface area contributed by atoms with Crippen LogP contribution in [0, 0.1) is 0 Å². The van der Waals surface area contributed by atoms with Gasteiger partial charge in [-0.15, -0.1) is 0 Å². The van der Waals surface area contributed by atoms with Gasteiger partial charge in [0.2, 0.25) is 0 Å². The summed E-state index contributed by atoms with van der Waals surface area (Å²) in [6, 6.07) is 83.9. The van der Waals surface area contributed by atoms with Crippen molar-refractivity contribution < 1.29 is 4.42 Å². The first-order chi connectivity index (χ1) is 32.5. The van der Waals surface area contributed by atoms with E-state index in [2.05, 4.69) is 242 Å². The number of anilines is 3. The van der Waals surface area contributed by atoms with E-state index in [1.807, 2.05) is 12.1 Å². The second kappa shape index (κ2) is 14.8. The number of para-hydroxylation sites is 3. The minimum absolute atomic E-state index is 0.192. The quantitative estimate of drug-likeness (QED) is 0.159. The van der Waals surface area contributed by atoms with Crippen LogP contribution in [0.3, 0.4) is 0 Å². The summed E-state index contributed by atoms with van der Waals surface area (Å²) in [6.45, 7) is 4.74. The van der Waals surface area contributed by atoms with Gasteiger partial charge in [0.1, 0.15) is 11.2 Å². The van der Waals surface area contributed by atoms with Gasteiger partial charge >= 0.3 is 0 Å². The zero-order valence-electron chi connectivity index (χ0n) is 36.7. The van der Waals surface area contributed by atoms with Gasteiger partial charge in [0.25, 0.3) is 0 Å². The molecule has 0 saturated carbocycles. The maximum absolute atomic E-state index is 6.29. The molecule has 0 unspecified atom stereocenters. The van der Waals surface area contributed by atoms with Gasteiger partial charge in [0.15, 0.2) is 0 Å². The Morgan fingerprint density at radius 3 is 1.59 bits per heavy atom. The van der Waals surface area contributed by atoms with E-state index in [0.717, 1.165) is 55.8 Å². The summed E-state index contributed by atoms with van der Waals surface area (Å²) in [5.41, 5.74) is 20.9. The van der Waals surface area contributed by atoms with E-state index in [0.29, 0.717) is 0 Å². The normalized spacial score (nSPS) is 12.8. The molecular formula is C63H44N2O. The van der Waals surface area contributed by atoms with E-state index in [1.165, 1.54) is 66.3 Å². The third-order valence-electron chi connectivity index (χ3n) is 14.0. The molecule has 2 aromatic heterocycles. The number of fused-ring (bicyclic) bond motifs is 9. The molecule has 3 heteroatoms. The lowest BCUT2D eigenvalue weighted by molar-refractivity contribution is 0.660. The SMILES string of the molecule is CC1(C)c2cc(-c3ccccc3)ccc2-c2ccc(N(c3ccc(-c4ccc5c(c4)oc4ccccc45)cc3)c3ccc(-c4ccc5c(c4)c4ccccc4n5-c4ccccc4)cc3)cc21. The Bertz CT molecular complexity index is 3820. The molecule has 2 heterocycles. The molecule has 1 aliphatic rings. The van der Waals surface area contributed by atoms with Crippen molar-refractivity contribution in [2.24, 2.45) is 0 Å². The first-order valence-electron chi connectivity index (χ1n) is 22.8. The van der Waals surface area contributed by atoms with Crippen molar-refractivity contribution in [3.63, 3.8) is 0 Å². The van der Waals surface area contributed by atoms with E-state index in [9.17, 15) is 0 Å². The second-order valence-corrected chi connectivity index (χ2v) is 18.1. The van der Waals surface area contributed by atoms with Crippen molar-refractivity contribution in [1.82, 2.24) is 4.57 Å². The summed E-state index contributed by atoms with van der Waals surface area (Å²) in [5.74, 6) is 0. The lowest BCUT2D eigenvalue weighted by atomic mass is 9.81. The lowest BCUT2D eigenvalue weighted by Gasteiger charge is -2.28. The van der Waals surface area contributed by atoms with Crippen LogP contribution in [0.2, 0.25) is 0 Å². The molecule has 0 aliphatic heterocycles. The molecule has 3 nitrogen and oxygen atoms in total. The molecule has 10 aromatic carbocycles. The second-order valence-electron chi connectivity index (χ2n) is 18.1. The van der Waals surface area contributed by atoms with E-state index in [1.54, 1.807) is 0 Å². The fourth-order valence-electron chi connectivity index (χ4n) is 10.6. The van der Waals surface area contributed by atoms with Crippen molar-refractivity contribution >= 4 is 60.8 Å². The zero-order valence-corrected chi connectivity index (χ0v) is 36.7. The minimum Gasteiger partial charge on any atom is -0.456 e. The Labute approximate surface area is 384 Å². The predicted octanol–water partition coefficient (Wildman–Crippen LogP) is 17.5. The minimum atomic E-state index is -0.192. The standard InChI is InChI=1S/C63H44N2O/c1-63(2)57-38-45(41-13-5-3-6-14-41)25-33-51(57)52-35-32-50(40-58(52)63)64(49-30-23-43(24-31-49)46-26-34-55-54-18-10-12-20-61(54)66-62(55)39-46)48-28-21-42(22-29-48)44-27-36-60-56(37-44)53-17-9-11-19-59(53)65(60)47-15-7-4-8-16-47/h3-40H,1-2H3. The molecule has 0 bridgehead atoms. The van der Waals surface area contributed by atoms with E-state index < -0.39 is 0 Å². The van der Waals surface area contributed by atoms with Crippen LogP contribution in [0.4, 0.5) is 17.1 Å². The molecule has 13 rings (SSSR count). The number of furan rings is 1. The Morgan fingerprint density at radius 2 is 0.848 bits per heavy atom. The van der Waals surface area contributed by atoms with Gasteiger partial charge in [-0.1, -0.05) is 153 Å². The fourth-order valence-corrected chi connectivity index (χ4v) is 10.6. The lowest BCUT2D eigenvalue weighted by Crippen LogP contribution is -2.16. The van der Waals surface area contributed by atoms with Gasteiger partial charge < -0.3 is 13.9 Å². The summed E-state index contributed by atoms with van der Waals surface area (Å²) in [5, 5.41) is 4.77. The van der Waals surface area contributed by atoms with Crippen LogP contribution in [0.1, 0.15) is 25.0 Å². The summed E-state index contributed by atoms with van der Waals surface area (Å²) in [6.07, 6.45) is 0. The van der Waals surface area contributed by atoms with Gasteiger partial charge in [-0.25, -0.2) is 0 Å². The number of benzene rings is 10. The molecule has 0 fully saturated rings. The van der Waals surface area contributed by atoms with Gasteiger partial charge in [-0.3, -0.25) is 0 Å². The van der Waals surface area contributed by atoms with Crippen LogP contribution in [-0.2, 0) is 5.41 Å². The van der Waals surface area contributed by atoms with Crippen LogP contribution in [-0.4, -0.2) is 4.57 Å². The van der Waals surface area contributed by atoms with Gasteiger partial charge in [-0.05, 0) is 147 Å². The molecular weight excluding hydrogens is 801 g/mol. The molecule has 0 spiro atoms. The van der Waals surface area contributed by atoms with Crippen LogP contribution in [0.15, 0.2) is 235 Å². The Balaban J connectivity index is 0.901. The number of hydrogen-bond acceptors (Lipinski definition) is 2. The van der Waals surface area contributed by atoms with Crippen LogP contribution >= 0.6 is 0 Å². The van der Waals surface area contributed by atoms with Gasteiger partial charge in [-0.2, -0.15) is 0 Å². The summed E-state index contributed by atoms with van der Waals surface area (Å²) >= 11 is 0. The number of hydrogen-bond donors (Lipinski definition) is 0. The highest BCUT2D eigenvalue weighted by Crippen LogP contribution is 2.52. The predicted molar refractivity (Wildman–Crippen MR) is 277 cm³/mol. The largest absolute Gasteiger partial charge is 0.456 e. The Hall–Kier alpha value is -8.40. The molecule has 0 amide bonds. The molecule has 0 N–H and O–H groups in total. The molecule has 0 radical (unpaired) electrons. The highest BCUT2D eigenvalue weighted by atomic mass is 16.3. The van der Waals surface area contributed by atoms with Crippen molar-refractivity contribution in [3.05, 3.63) is 242 Å². The number of nitrogens with zero attached hydrogens (tertiary/aromatic N) is 2. The summed E-state index contributed by atoms with van der Waals surface area (Å²) < 4.78 is 8.66. The zero-order chi connectivity index (χ0) is 43.9. The topological polar surface area (TPSA) is 21.3 Å². The summed E-state index contributed by atoms with van der Waals surface area (Å²) in [4.78, 5) is 2.40. The highest BCUT2D eigenvalue weighted by molar-refractivity contribution is 6.10. The van der Waals surface area contributed by atoms with E-state index in [4.69, 9.17) is 4.42 Å². The Kier molecular flexibility index (Phi) is 8.56. The first-order valence-corrected chi connectivity index (χ1v) is 22.8. The van der Waals surface area contributed by atoms with Crippen LogP contribution in [0.5, 0.6) is 0 Å². The molecule has 66 heavy (non-hydrogen) atoms. The third-order valence-corrected chi connectivity index (χ3v) is 14.0. The van der Waals surface area contributed by atoms with Crippen molar-refractivity contribution in [2.75, 3.05) is 4.90 Å². The van der Waals surface area contributed by atoms with E-state index in [-0.39, 0.29) is 5.41 Å². The Morgan fingerprint density at radius 1 is 0.348 bits per heavy atom. The smallest absolute Gasteiger partial charge is 0.136 e. The monoisotopic (exact) mass is 844 g/mol. The third kappa shape index (κ3) is 6.04. The van der Waals surface area contributed by atoms with Crippen molar-refractivity contribution in [2.45, 2.75) is 19.3 Å². The van der Waals surface area contributed by atoms with Crippen molar-refractivity contribution in [3.8, 4) is 50.2 Å². The molecule has 0 saturated heterocycles. The molecule has 1 aliphatic carbocycles. The molecule has 12 aromatic rings. The maximum atomic E-state index is 6.29. The van der Waals surface area contributed by atoms with Crippen molar-refractivity contribution in [1.29, 1.82) is 0 Å². The van der Waals surface area contributed by atoms with Crippen LogP contribution in [0.25, 0.3) is 93.9 Å². The molecule has 312 valence electrons.